The molecule has 3 N–H and O–H groups in total. The van der Waals surface area contributed by atoms with E-state index in [-0.39, 0.29) is 18.0 Å². The first kappa shape index (κ1) is 27.1. The summed E-state index contributed by atoms with van der Waals surface area (Å²) in [5.74, 6) is 3.27. The maximum atomic E-state index is 13.7. The van der Waals surface area contributed by atoms with Gasteiger partial charge in [-0.3, -0.25) is 9.78 Å². The third-order valence-corrected chi connectivity index (χ3v) is 9.78. The largest absolute Gasteiger partial charge is 0.494 e. The number of rotatable bonds is 7. The number of hydrogen-bond donors (Lipinski definition) is 2. The van der Waals surface area contributed by atoms with Crippen LogP contribution < -0.4 is 15.8 Å². The van der Waals surface area contributed by atoms with Crippen molar-refractivity contribution in [3.63, 3.8) is 0 Å². The number of carbonyl (C=O) groups excluding carboxylic acids is 1. The number of benzene rings is 1. The molecule has 5 heterocycles. The van der Waals surface area contributed by atoms with Gasteiger partial charge >= 0.3 is 0 Å². The summed E-state index contributed by atoms with van der Waals surface area (Å²) in [5, 5.41) is 4.54. The quantitative estimate of drug-likeness (QED) is 0.263. The molecule has 44 heavy (non-hydrogen) atoms. The van der Waals surface area contributed by atoms with Gasteiger partial charge in [-0.05, 0) is 93.8 Å². The summed E-state index contributed by atoms with van der Waals surface area (Å²) < 4.78 is 10.2. The number of aryl methyl sites for hydroxylation is 3. The van der Waals surface area contributed by atoms with Crippen LogP contribution in [0.3, 0.4) is 0 Å². The molecule has 8 rings (SSSR count). The number of methoxy groups -OCH3 is 1. The van der Waals surface area contributed by atoms with Crippen LogP contribution in [0.4, 0.5) is 11.5 Å². The Kier molecular flexibility index (Phi) is 6.20. The molecule has 3 aliphatic rings. The maximum absolute atomic E-state index is 13.7. The van der Waals surface area contributed by atoms with Crippen LogP contribution in [0, 0.1) is 25.7 Å². The molecule has 10 heteroatoms. The third-order valence-electron chi connectivity index (χ3n) is 9.78. The number of fused-ring (bicyclic) bond motifs is 4. The number of imidazole rings is 1. The van der Waals surface area contributed by atoms with Crippen LogP contribution in [0.25, 0.3) is 33.6 Å². The van der Waals surface area contributed by atoms with Gasteiger partial charge < -0.3 is 29.8 Å². The molecule has 226 valence electrons. The van der Waals surface area contributed by atoms with Crippen LogP contribution in [0.2, 0.25) is 0 Å². The summed E-state index contributed by atoms with van der Waals surface area (Å²) in [5.41, 5.74) is 13.4. The van der Waals surface area contributed by atoms with Gasteiger partial charge in [0.1, 0.15) is 22.7 Å². The average Bonchev–Trinajstić information content (AvgIpc) is 3.41. The van der Waals surface area contributed by atoms with Crippen molar-refractivity contribution in [1.82, 2.24) is 29.0 Å². The van der Waals surface area contributed by atoms with E-state index in [0.717, 1.165) is 82.4 Å². The van der Waals surface area contributed by atoms with Gasteiger partial charge in [-0.25, -0.2) is 9.97 Å². The number of ether oxygens (including phenoxy) is 1. The van der Waals surface area contributed by atoms with E-state index in [1.54, 1.807) is 7.11 Å². The Morgan fingerprint density at radius 2 is 1.82 bits per heavy atom. The molecule has 1 saturated heterocycles. The van der Waals surface area contributed by atoms with Gasteiger partial charge in [0, 0.05) is 60.2 Å². The lowest BCUT2D eigenvalue weighted by molar-refractivity contribution is 0.0700. The van der Waals surface area contributed by atoms with Crippen molar-refractivity contribution < 1.29 is 9.53 Å². The fraction of sp³-hybridized carbons (Fsp3) is 0.412. The van der Waals surface area contributed by atoms with E-state index < -0.39 is 0 Å². The number of amides is 1. The number of nitrogens with one attached hydrogen (secondary N) is 1. The molecule has 2 bridgehead atoms. The van der Waals surface area contributed by atoms with Crippen molar-refractivity contribution in [1.29, 1.82) is 0 Å². The number of hydrogen-bond acceptors (Lipinski definition) is 7. The monoisotopic (exact) mass is 590 g/mol. The molecular weight excluding hydrogens is 552 g/mol. The van der Waals surface area contributed by atoms with Crippen molar-refractivity contribution in [3.8, 4) is 17.3 Å². The van der Waals surface area contributed by atoms with Gasteiger partial charge in [-0.2, -0.15) is 0 Å². The van der Waals surface area contributed by atoms with E-state index in [1.165, 1.54) is 12.8 Å². The summed E-state index contributed by atoms with van der Waals surface area (Å²) >= 11 is 0. The molecule has 3 fully saturated rings. The van der Waals surface area contributed by atoms with Gasteiger partial charge in [0.25, 0.3) is 5.91 Å². The Hall–Kier alpha value is -4.44. The number of piperidine rings is 1. The van der Waals surface area contributed by atoms with E-state index in [9.17, 15) is 4.79 Å². The highest BCUT2D eigenvalue weighted by Gasteiger charge is 2.47. The highest BCUT2D eigenvalue weighted by Crippen LogP contribution is 2.40. The Labute approximate surface area is 256 Å². The fourth-order valence-electron chi connectivity index (χ4n) is 7.45. The zero-order valence-corrected chi connectivity index (χ0v) is 25.7. The first-order valence-electron chi connectivity index (χ1n) is 15.6. The SMILES string of the molecule is COc1cc(C(=O)N2CC3CCC2C3N)cc2nc(-c3cc4ccc(Nc5cc(C)nc(C)c5)nc4n3CC3CC3)n(C)c12. The first-order valence-corrected chi connectivity index (χ1v) is 15.6. The van der Waals surface area contributed by atoms with E-state index in [4.69, 9.17) is 20.4 Å². The molecule has 2 saturated carbocycles. The average molecular weight is 591 g/mol. The van der Waals surface area contributed by atoms with E-state index >= 15 is 0 Å². The summed E-state index contributed by atoms with van der Waals surface area (Å²) in [6, 6.07) is 14.3. The second kappa shape index (κ2) is 10.1. The molecular formula is C34H38N8O2. The molecule has 3 atom stereocenters. The predicted octanol–water partition coefficient (Wildman–Crippen LogP) is 5.33. The summed E-state index contributed by atoms with van der Waals surface area (Å²) in [6.07, 6.45) is 4.52. The minimum absolute atomic E-state index is 0.00622. The van der Waals surface area contributed by atoms with E-state index in [1.807, 2.05) is 56.1 Å². The lowest BCUT2D eigenvalue weighted by atomic mass is 10.1. The zero-order valence-electron chi connectivity index (χ0n) is 25.7. The fourth-order valence-corrected chi connectivity index (χ4v) is 7.45. The van der Waals surface area contributed by atoms with Crippen molar-refractivity contribution in [2.24, 2.45) is 24.6 Å². The number of anilines is 2. The first-order chi connectivity index (χ1) is 21.3. The molecule has 10 nitrogen and oxygen atoms in total. The minimum Gasteiger partial charge on any atom is -0.494 e. The molecule has 2 aliphatic carbocycles. The molecule has 3 unspecified atom stereocenters. The highest BCUT2D eigenvalue weighted by atomic mass is 16.5. The van der Waals surface area contributed by atoms with Gasteiger partial charge in [0.2, 0.25) is 0 Å². The standard InChI is InChI=1S/C34H38N8O2/c1-18-11-24(12-19(2)36-18)37-29-10-8-21-14-27(41(32(21)39-29)16-20-5-6-20)33-38-25-13-23(15-28(44-4)31(25)40(33)3)34(43)42-17-22-7-9-26(42)30(22)35/h8,10-15,20,22,26,30H,5-7,9,16-17,35H2,1-4H3,(H,36,37,39). The van der Waals surface area contributed by atoms with E-state index in [2.05, 4.69) is 31.6 Å². The summed E-state index contributed by atoms with van der Waals surface area (Å²) in [7, 11) is 3.67. The Morgan fingerprint density at radius 1 is 1.02 bits per heavy atom. The Morgan fingerprint density at radius 3 is 2.50 bits per heavy atom. The van der Waals surface area contributed by atoms with Crippen molar-refractivity contribution in [2.75, 3.05) is 19.0 Å². The minimum atomic E-state index is 0.00622. The van der Waals surface area contributed by atoms with Crippen molar-refractivity contribution in [3.05, 3.63) is 59.4 Å². The number of carbonyl (C=O) groups is 1. The van der Waals surface area contributed by atoms with Gasteiger partial charge in [-0.1, -0.05) is 0 Å². The Balaban J connectivity index is 1.21. The van der Waals surface area contributed by atoms with Crippen LogP contribution in [0.5, 0.6) is 5.75 Å². The number of aromatic nitrogens is 5. The normalized spacial score (nSPS) is 21.1. The van der Waals surface area contributed by atoms with Crippen molar-refractivity contribution >= 4 is 39.5 Å². The molecule has 0 spiro atoms. The van der Waals surface area contributed by atoms with Gasteiger partial charge in [-0.15, -0.1) is 0 Å². The van der Waals surface area contributed by atoms with E-state index in [0.29, 0.717) is 23.1 Å². The molecule has 1 aromatic carbocycles. The van der Waals surface area contributed by atoms with Crippen LogP contribution in [0.1, 0.15) is 47.4 Å². The third kappa shape index (κ3) is 4.42. The summed E-state index contributed by atoms with van der Waals surface area (Å²) in [4.78, 5) is 30.4. The number of likely N-dealkylation sites (tertiary alicyclic amines) is 1. The number of nitrogens with two attached hydrogens (primary N) is 1. The van der Waals surface area contributed by atoms with Crippen LogP contribution >= 0.6 is 0 Å². The lowest BCUT2D eigenvalue weighted by Gasteiger charge is -2.27. The molecule has 5 aromatic rings. The predicted molar refractivity (Wildman–Crippen MR) is 171 cm³/mol. The van der Waals surface area contributed by atoms with Crippen molar-refractivity contribution in [2.45, 2.75) is 58.2 Å². The molecule has 1 aliphatic heterocycles. The lowest BCUT2D eigenvalue weighted by Crippen LogP contribution is -2.41. The van der Waals surface area contributed by atoms with Gasteiger partial charge in [0.15, 0.2) is 5.82 Å². The summed E-state index contributed by atoms with van der Waals surface area (Å²) in [6.45, 7) is 5.60. The van der Waals surface area contributed by atoms with Gasteiger partial charge in [0.05, 0.1) is 18.3 Å². The molecule has 1 amide bonds. The molecule has 0 radical (unpaired) electrons. The topological polar surface area (TPSA) is 116 Å². The second-order valence-corrected chi connectivity index (χ2v) is 12.9. The number of pyridine rings is 2. The number of nitrogens with zero attached hydrogens (tertiary/aromatic N) is 6. The smallest absolute Gasteiger partial charge is 0.254 e. The van der Waals surface area contributed by atoms with Crippen LogP contribution in [-0.4, -0.2) is 60.6 Å². The zero-order chi connectivity index (χ0) is 30.3. The second-order valence-electron chi connectivity index (χ2n) is 12.9. The maximum Gasteiger partial charge on any atom is 0.254 e. The molecule has 4 aromatic heterocycles. The highest BCUT2D eigenvalue weighted by molar-refractivity contribution is 6.00. The van der Waals surface area contributed by atoms with Crippen LogP contribution in [0.15, 0.2) is 42.5 Å². The van der Waals surface area contributed by atoms with Crippen LogP contribution in [-0.2, 0) is 13.6 Å². The Bertz CT molecular complexity index is 1930.